The van der Waals surface area contributed by atoms with E-state index in [0.717, 1.165) is 22.0 Å². The predicted octanol–water partition coefficient (Wildman–Crippen LogP) is 3.69. The number of hydrogen-bond acceptors (Lipinski definition) is 3. The molecule has 1 fully saturated rings. The van der Waals surface area contributed by atoms with Crippen molar-refractivity contribution in [3.63, 3.8) is 0 Å². The summed E-state index contributed by atoms with van der Waals surface area (Å²) in [4.78, 5) is 37.1. The van der Waals surface area contributed by atoms with Crippen molar-refractivity contribution >= 4 is 34.9 Å². The van der Waals surface area contributed by atoms with Gasteiger partial charge >= 0.3 is 12.0 Å². The molecule has 0 unspecified atom stereocenters. The zero-order chi connectivity index (χ0) is 21.3. The van der Waals surface area contributed by atoms with Crippen LogP contribution < -0.4 is 5.32 Å². The lowest BCUT2D eigenvalue weighted by atomic mass is 10.1. The standard InChI is InChI=1S/C23H21N3O4/c1-2-10-26-21(27)19(24-23(26)30)12-17-14-25(20-9-4-3-8-18(17)20)13-15-6-5-7-16(11-15)22(28)29/h3-9,11-12,14H,2,10,13H2,1H3,(H,24,30)(H,28,29)/b19-12+. The zero-order valence-electron chi connectivity index (χ0n) is 16.5. The van der Waals surface area contributed by atoms with Crippen molar-refractivity contribution in [3.8, 4) is 0 Å². The summed E-state index contributed by atoms with van der Waals surface area (Å²) in [6.45, 7) is 2.77. The number of imide groups is 1. The Morgan fingerprint density at radius 3 is 2.70 bits per heavy atom. The van der Waals surface area contributed by atoms with Gasteiger partial charge in [-0.15, -0.1) is 0 Å². The van der Waals surface area contributed by atoms with Crippen LogP contribution in [0.15, 0.2) is 60.4 Å². The van der Waals surface area contributed by atoms with Crippen LogP contribution in [0.1, 0.15) is 34.8 Å². The molecule has 3 amide bonds. The Hall–Kier alpha value is -3.87. The largest absolute Gasteiger partial charge is 0.478 e. The van der Waals surface area contributed by atoms with Gasteiger partial charge in [0.1, 0.15) is 5.70 Å². The Kier molecular flexibility index (Phi) is 5.10. The first kappa shape index (κ1) is 19.4. The van der Waals surface area contributed by atoms with Crippen molar-refractivity contribution in [2.75, 3.05) is 6.54 Å². The van der Waals surface area contributed by atoms with Crippen LogP contribution in [0, 0.1) is 0 Å². The molecule has 7 nitrogen and oxygen atoms in total. The van der Waals surface area contributed by atoms with E-state index in [0.29, 0.717) is 19.5 Å². The van der Waals surface area contributed by atoms with Gasteiger partial charge in [0.25, 0.3) is 5.91 Å². The molecule has 0 spiro atoms. The molecule has 0 saturated carbocycles. The van der Waals surface area contributed by atoms with Gasteiger partial charge in [-0.3, -0.25) is 9.69 Å². The summed E-state index contributed by atoms with van der Waals surface area (Å²) in [6.07, 6.45) is 4.30. The lowest BCUT2D eigenvalue weighted by Crippen LogP contribution is -2.31. The molecule has 152 valence electrons. The summed E-state index contributed by atoms with van der Waals surface area (Å²) in [7, 11) is 0. The number of rotatable bonds is 6. The average Bonchev–Trinajstić information content (AvgIpc) is 3.21. The van der Waals surface area contributed by atoms with Crippen LogP contribution >= 0.6 is 0 Å². The maximum Gasteiger partial charge on any atom is 0.335 e. The lowest BCUT2D eigenvalue weighted by Gasteiger charge is -2.08. The van der Waals surface area contributed by atoms with Crippen LogP contribution in [-0.4, -0.2) is 39.0 Å². The molecule has 2 aromatic carbocycles. The second kappa shape index (κ2) is 7.87. The minimum absolute atomic E-state index is 0.238. The number of para-hydroxylation sites is 1. The van der Waals surface area contributed by atoms with E-state index >= 15 is 0 Å². The highest BCUT2D eigenvalue weighted by atomic mass is 16.4. The second-order valence-electron chi connectivity index (χ2n) is 7.18. The summed E-state index contributed by atoms with van der Waals surface area (Å²) in [5, 5.41) is 12.8. The molecule has 0 bridgehead atoms. The molecule has 30 heavy (non-hydrogen) atoms. The van der Waals surface area contributed by atoms with E-state index < -0.39 is 12.0 Å². The molecule has 0 atom stereocenters. The number of aromatic carboxylic acids is 1. The Morgan fingerprint density at radius 2 is 1.93 bits per heavy atom. The van der Waals surface area contributed by atoms with Crippen LogP contribution in [0.3, 0.4) is 0 Å². The highest BCUT2D eigenvalue weighted by Crippen LogP contribution is 2.25. The molecular weight excluding hydrogens is 382 g/mol. The van der Waals surface area contributed by atoms with Gasteiger partial charge in [0.2, 0.25) is 0 Å². The Morgan fingerprint density at radius 1 is 1.13 bits per heavy atom. The summed E-state index contributed by atoms with van der Waals surface area (Å²) >= 11 is 0. The lowest BCUT2D eigenvalue weighted by molar-refractivity contribution is -0.122. The number of carbonyl (C=O) groups is 3. The van der Waals surface area contributed by atoms with Gasteiger partial charge in [-0.1, -0.05) is 37.3 Å². The fraction of sp³-hybridized carbons (Fsp3) is 0.174. The fourth-order valence-corrected chi connectivity index (χ4v) is 3.67. The van der Waals surface area contributed by atoms with E-state index in [-0.39, 0.29) is 17.2 Å². The third-order valence-corrected chi connectivity index (χ3v) is 5.06. The quantitative estimate of drug-likeness (QED) is 0.485. The third-order valence-electron chi connectivity index (χ3n) is 5.06. The van der Waals surface area contributed by atoms with Crippen LogP contribution in [0.5, 0.6) is 0 Å². The van der Waals surface area contributed by atoms with E-state index in [1.54, 1.807) is 24.3 Å². The number of nitrogens with one attached hydrogen (secondary N) is 1. The van der Waals surface area contributed by atoms with E-state index in [1.807, 2.05) is 48.0 Å². The van der Waals surface area contributed by atoms with Crippen LogP contribution in [0.2, 0.25) is 0 Å². The van der Waals surface area contributed by atoms with Gasteiger partial charge in [0.05, 0.1) is 5.56 Å². The number of nitrogens with zero attached hydrogens (tertiary/aromatic N) is 2. The first-order valence-corrected chi connectivity index (χ1v) is 9.72. The monoisotopic (exact) mass is 403 g/mol. The molecule has 1 aliphatic rings. The number of aromatic nitrogens is 1. The summed E-state index contributed by atoms with van der Waals surface area (Å²) in [5.41, 5.74) is 3.11. The van der Waals surface area contributed by atoms with Gasteiger partial charge in [-0.05, 0) is 36.3 Å². The maximum absolute atomic E-state index is 12.6. The van der Waals surface area contributed by atoms with Crippen molar-refractivity contribution < 1.29 is 19.5 Å². The first-order valence-electron chi connectivity index (χ1n) is 9.72. The van der Waals surface area contributed by atoms with E-state index in [2.05, 4.69) is 5.32 Å². The SMILES string of the molecule is CCCN1C(=O)N/C(=C/c2cn(Cc3cccc(C(=O)O)c3)c3ccccc23)C1=O. The molecule has 7 heteroatoms. The topological polar surface area (TPSA) is 91.6 Å². The predicted molar refractivity (Wildman–Crippen MR) is 113 cm³/mol. The highest BCUT2D eigenvalue weighted by Gasteiger charge is 2.32. The molecule has 0 radical (unpaired) electrons. The summed E-state index contributed by atoms with van der Waals surface area (Å²) in [6, 6.07) is 14.2. The molecule has 1 saturated heterocycles. The minimum atomic E-state index is -0.966. The number of fused-ring (bicyclic) bond motifs is 1. The number of carbonyl (C=O) groups excluding carboxylic acids is 2. The first-order chi connectivity index (χ1) is 14.5. The van der Waals surface area contributed by atoms with Crippen LogP contribution in [0.25, 0.3) is 17.0 Å². The van der Waals surface area contributed by atoms with Crippen LogP contribution in [-0.2, 0) is 11.3 Å². The van der Waals surface area contributed by atoms with Crippen LogP contribution in [0.4, 0.5) is 4.79 Å². The van der Waals surface area contributed by atoms with Gasteiger partial charge < -0.3 is 15.0 Å². The normalized spacial score (nSPS) is 15.2. The molecule has 1 aromatic heterocycles. The van der Waals surface area contributed by atoms with Gasteiger partial charge in [0.15, 0.2) is 0 Å². The summed E-state index contributed by atoms with van der Waals surface area (Å²) in [5.74, 6) is -1.29. The number of urea groups is 1. The molecular formula is C23H21N3O4. The number of hydrogen-bond donors (Lipinski definition) is 2. The Labute approximate surface area is 173 Å². The Balaban J connectivity index is 1.72. The fourth-order valence-electron chi connectivity index (χ4n) is 3.67. The molecule has 3 aromatic rings. The van der Waals surface area contributed by atoms with Gasteiger partial charge in [-0.25, -0.2) is 9.59 Å². The molecule has 1 aliphatic heterocycles. The van der Waals surface area contributed by atoms with Gasteiger partial charge in [0, 0.05) is 35.8 Å². The van der Waals surface area contributed by atoms with E-state index in [9.17, 15) is 19.5 Å². The van der Waals surface area contributed by atoms with Crippen molar-refractivity contribution in [3.05, 3.63) is 77.1 Å². The minimum Gasteiger partial charge on any atom is -0.478 e. The van der Waals surface area contributed by atoms with Crippen molar-refractivity contribution in [2.45, 2.75) is 19.9 Å². The van der Waals surface area contributed by atoms with E-state index in [4.69, 9.17) is 0 Å². The number of amides is 3. The average molecular weight is 403 g/mol. The van der Waals surface area contributed by atoms with E-state index in [1.165, 1.54) is 4.90 Å². The second-order valence-corrected chi connectivity index (χ2v) is 7.18. The maximum atomic E-state index is 12.6. The highest BCUT2D eigenvalue weighted by molar-refractivity contribution is 6.14. The smallest absolute Gasteiger partial charge is 0.335 e. The third kappa shape index (κ3) is 3.57. The molecule has 2 heterocycles. The molecule has 4 rings (SSSR count). The van der Waals surface area contributed by atoms with Gasteiger partial charge in [-0.2, -0.15) is 0 Å². The van der Waals surface area contributed by atoms with Crippen molar-refractivity contribution in [2.24, 2.45) is 0 Å². The molecule has 2 N–H and O–H groups in total. The molecule has 0 aliphatic carbocycles. The zero-order valence-corrected chi connectivity index (χ0v) is 16.5. The van der Waals surface area contributed by atoms with Crippen molar-refractivity contribution in [1.29, 1.82) is 0 Å². The Bertz CT molecular complexity index is 1190. The number of benzene rings is 2. The van der Waals surface area contributed by atoms with Crippen molar-refractivity contribution in [1.82, 2.24) is 14.8 Å². The number of carboxylic acids is 1. The summed E-state index contributed by atoms with van der Waals surface area (Å²) < 4.78 is 2.01. The number of carboxylic acid groups (broad SMARTS) is 1.